The summed E-state index contributed by atoms with van der Waals surface area (Å²) >= 11 is 0. The fraction of sp³-hybridized carbons (Fsp3) is 0.643. The number of pyridine rings is 1. The summed E-state index contributed by atoms with van der Waals surface area (Å²) in [6.07, 6.45) is 3.95. The number of aromatic nitrogens is 1. The SMILES string of the molecule is CCNc1cccc(CN2CCCC2CC)n1. The van der Waals surface area contributed by atoms with E-state index in [0.717, 1.165) is 24.9 Å². The number of likely N-dealkylation sites (tertiary alicyclic amines) is 1. The Hall–Kier alpha value is -1.09. The molecule has 1 aliphatic rings. The summed E-state index contributed by atoms with van der Waals surface area (Å²) in [5.74, 6) is 0.997. The Balaban J connectivity index is 2.00. The first kappa shape index (κ1) is 12.4. The normalized spacial score (nSPS) is 20.7. The van der Waals surface area contributed by atoms with Crippen LogP contribution in [0.1, 0.15) is 38.8 Å². The maximum Gasteiger partial charge on any atom is 0.126 e. The lowest BCUT2D eigenvalue weighted by molar-refractivity contribution is 0.237. The summed E-state index contributed by atoms with van der Waals surface area (Å²) in [5, 5.41) is 3.27. The van der Waals surface area contributed by atoms with Crippen molar-refractivity contribution in [2.24, 2.45) is 0 Å². The van der Waals surface area contributed by atoms with Crippen LogP contribution in [0.5, 0.6) is 0 Å². The molecule has 0 aromatic carbocycles. The highest BCUT2D eigenvalue weighted by molar-refractivity contribution is 5.35. The van der Waals surface area contributed by atoms with Crippen LogP contribution in [-0.4, -0.2) is 29.0 Å². The fourth-order valence-electron chi connectivity index (χ4n) is 2.62. The van der Waals surface area contributed by atoms with Crippen LogP contribution in [0.15, 0.2) is 18.2 Å². The third kappa shape index (κ3) is 3.19. The molecular formula is C14H23N3. The van der Waals surface area contributed by atoms with E-state index in [1.54, 1.807) is 0 Å². The largest absolute Gasteiger partial charge is 0.370 e. The van der Waals surface area contributed by atoms with Crippen molar-refractivity contribution in [1.29, 1.82) is 0 Å². The second-order valence-electron chi connectivity index (χ2n) is 4.72. The van der Waals surface area contributed by atoms with Gasteiger partial charge in [0, 0.05) is 19.1 Å². The molecule has 1 aromatic rings. The van der Waals surface area contributed by atoms with Gasteiger partial charge in [-0.2, -0.15) is 0 Å². The highest BCUT2D eigenvalue weighted by atomic mass is 15.2. The van der Waals surface area contributed by atoms with Gasteiger partial charge in [-0.25, -0.2) is 4.98 Å². The molecular weight excluding hydrogens is 210 g/mol. The lowest BCUT2D eigenvalue weighted by Crippen LogP contribution is -2.28. The highest BCUT2D eigenvalue weighted by Gasteiger charge is 2.22. The van der Waals surface area contributed by atoms with Crippen molar-refractivity contribution in [3.63, 3.8) is 0 Å². The van der Waals surface area contributed by atoms with Crippen molar-refractivity contribution < 1.29 is 0 Å². The second kappa shape index (κ2) is 6.01. The first-order valence-electron chi connectivity index (χ1n) is 6.77. The van der Waals surface area contributed by atoms with Crippen LogP contribution < -0.4 is 5.32 Å². The molecule has 17 heavy (non-hydrogen) atoms. The zero-order valence-electron chi connectivity index (χ0n) is 10.9. The zero-order valence-corrected chi connectivity index (χ0v) is 10.9. The topological polar surface area (TPSA) is 28.2 Å². The Morgan fingerprint density at radius 3 is 3.06 bits per heavy atom. The molecule has 2 rings (SSSR count). The van der Waals surface area contributed by atoms with Crippen LogP contribution in [0.4, 0.5) is 5.82 Å². The molecule has 3 heteroatoms. The number of hydrogen-bond acceptors (Lipinski definition) is 3. The maximum atomic E-state index is 4.64. The average Bonchev–Trinajstić information content (AvgIpc) is 2.77. The summed E-state index contributed by atoms with van der Waals surface area (Å²) < 4.78 is 0. The Morgan fingerprint density at radius 1 is 1.41 bits per heavy atom. The van der Waals surface area contributed by atoms with E-state index in [-0.39, 0.29) is 0 Å². The number of hydrogen-bond donors (Lipinski definition) is 1. The Bertz CT molecular complexity index is 351. The number of nitrogens with zero attached hydrogens (tertiary/aromatic N) is 2. The monoisotopic (exact) mass is 233 g/mol. The molecule has 1 aliphatic heterocycles. The van der Waals surface area contributed by atoms with Gasteiger partial charge in [0.05, 0.1) is 5.69 Å². The molecule has 94 valence electrons. The summed E-state index contributed by atoms with van der Waals surface area (Å²) in [5.41, 5.74) is 1.18. The second-order valence-corrected chi connectivity index (χ2v) is 4.72. The zero-order chi connectivity index (χ0) is 12.1. The number of nitrogens with one attached hydrogen (secondary N) is 1. The Labute approximate surface area is 104 Å². The van der Waals surface area contributed by atoms with E-state index in [1.165, 1.54) is 31.5 Å². The molecule has 1 aromatic heterocycles. The van der Waals surface area contributed by atoms with Gasteiger partial charge in [-0.15, -0.1) is 0 Å². The van der Waals surface area contributed by atoms with Crippen molar-refractivity contribution in [3.05, 3.63) is 23.9 Å². The molecule has 0 amide bonds. The lowest BCUT2D eigenvalue weighted by Gasteiger charge is -2.22. The van der Waals surface area contributed by atoms with E-state index in [0.29, 0.717) is 0 Å². The molecule has 0 radical (unpaired) electrons. The van der Waals surface area contributed by atoms with Crippen LogP contribution >= 0.6 is 0 Å². The van der Waals surface area contributed by atoms with Crippen molar-refractivity contribution in [2.45, 2.75) is 45.7 Å². The summed E-state index contributed by atoms with van der Waals surface area (Å²) in [4.78, 5) is 7.21. The molecule has 1 N–H and O–H groups in total. The van der Waals surface area contributed by atoms with Gasteiger partial charge >= 0.3 is 0 Å². The highest BCUT2D eigenvalue weighted by Crippen LogP contribution is 2.21. The summed E-state index contributed by atoms with van der Waals surface area (Å²) in [6, 6.07) is 7.02. The summed E-state index contributed by atoms with van der Waals surface area (Å²) in [7, 11) is 0. The smallest absolute Gasteiger partial charge is 0.126 e. The molecule has 3 nitrogen and oxygen atoms in total. The van der Waals surface area contributed by atoms with Gasteiger partial charge in [0.25, 0.3) is 0 Å². The molecule has 1 atom stereocenters. The Kier molecular flexibility index (Phi) is 4.37. The summed E-state index contributed by atoms with van der Waals surface area (Å²) in [6.45, 7) is 7.54. The van der Waals surface area contributed by atoms with Gasteiger partial charge in [0.2, 0.25) is 0 Å². The number of rotatable bonds is 5. The Morgan fingerprint density at radius 2 is 2.29 bits per heavy atom. The van der Waals surface area contributed by atoms with E-state index in [4.69, 9.17) is 0 Å². The third-order valence-electron chi connectivity index (χ3n) is 3.50. The van der Waals surface area contributed by atoms with Crippen molar-refractivity contribution in [1.82, 2.24) is 9.88 Å². The van der Waals surface area contributed by atoms with Gasteiger partial charge in [-0.1, -0.05) is 13.0 Å². The van der Waals surface area contributed by atoms with Gasteiger partial charge in [-0.05, 0) is 44.9 Å². The molecule has 1 unspecified atom stereocenters. The van der Waals surface area contributed by atoms with Crippen LogP contribution in [-0.2, 0) is 6.54 Å². The minimum Gasteiger partial charge on any atom is -0.370 e. The predicted molar refractivity (Wildman–Crippen MR) is 72.1 cm³/mol. The third-order valence-corrected chi connectivity index (χ3v) is 3.50. The first-order valence-corrected chi connectivity index (χ1v) is 6.77. The van der Waals surface area contributed by atoms with Gasteiger partial charge in [0.1, 0.15) is 5.82 Å². The van der Waals surface area contributed by atoms with E-state index < -0.39 is 0 Å². The van der Waals surface area contributed by atoms with E-state index in [1.807, 2.05) is 6.07 Å². The molecule has 2 heterocycles. The molecule has 0 bridgehead atoms. The molecule has 0 spiro atoms. The molecule has 0 saturated carbocycles. The first-order chi connectivity index (χ1) is 8.33. The van der Waals surface area contributed by atoms with Crippen LogP contribution in [0.2, 0.25) is 0 Å². The fourth-order valence-corrected chi connectivity index (χ4v) is 2.62. The quantitative estimate of drug-likeness (QED) is 0.847. The van der Waals surface area contributed by atoms with E-state index >= 15 is 0 Å². The van der Waals surface area contributed by atoms with Crippen molar-refractivity contribution in [2.75, 3.05) is 18.4 Å². The lowest BCUT2D eigenvalue weighted by atomic mass is 10.1. The minimum absolute atomic E-state index is 0.764. The van der Waals surface area contributed by atoms with Gasteiger partial charge < -0.3 is 5.32 Å². The van der Waals surface area contributed by atoms with E-state index in [2.05, 4.69) is 41.2 Å². The van der Waals surface area contributed by atoms with Crippen molar-refractivity contribution in [3.8, 4) is 0 Å². The van der Waals surface area contributed by atoms with E-state index in [9.17, 15) is 0 Å². The van der Waals surface area contributed by atoms with Gasteiger partial charge in [0.15, 0.2) is 0 Å². The number of anilines is 1. The van der Waals surface area contributed by atoms with Crippen LogP contribution in [0.25, 0.3) is 0 Å². The molecule has 1 fully saturated rings. The van der Waals surface area contributed by atoms with Gasteiger partial charge in [-0.3, -0.25) is 4.90 Å². The standard InChI is InChI=1S/C14H23N3/c1-3-13-8-6-10-17(13)11-12-7-5-9-14(16-12)15-4-2/h5,7,9,13H,3-4,6,8,10-11H2,1-2H3,(H,15,16). The minimum atomic E-state index is 0.764. The molecule has 0 aliphatic carbocycles. The average molecular weight is 233 g/mol. The van der Waals surface area contributed by atoms with Crippen LogP contribution in [0.3, 0.4) is 0 Å². The molecule has 1 saturated heterocycles. The van der Waals surface area contributed by atoms with Crippen molar-refractivity contribution >= 4 is 5.82 Å². The predicted octanol–water partition coefficient (Wildman–Crippen LogP) is 2.89. The van der Waals surface area contributed by atoms with Crippen LogP contribution in [0, 0.1) is 0 Å². The maximum absolute atomic E-state index is 4.64.